The molecule has 2 rings (SSSR count). The summed E-state index contributed by atoms with van der Waals surface area (Å²) in [5.41, 5.74) is 1.13. The fourth-order valence-corrected chi connectivity index (χ4v) is 3.85. The summed E-state index contributed by atoms with van der Waals surface area (Å²) in [6.45, 7) is 6.80. The zero-order chi connectivity index (χ0) is 13.9. The van der Waals surface area contributed by atoms with Crippen molar-refractivity contribution in [3.8, 4) is 0 Å². The van der Waals surface area contributed by atoms with Crippen molar-refractivity contribution in [1.82, 2.24) is 10.3 Å². The van der Waals surface area contributed by atoms with Gasteiger partial charge in [0.1, 0.15) is 0 Å². The predicted octanol–water partition coefficient (Wildman–Crippen LogP) is 3.96. The van der Waals surface area contributed by atoms with Gasteiger partial charge in [0.25, 0.3) is 0 Å². The molecule has 0 aliphatic carbocycles. The third kappa shape index (κ3) is 4.48. The van der Waals surface area contributed by atoms with Gasteiger partial charge in [0.2, 0.25) is 0 Å². The maximum Gasteiger partial charge on any atom is 0.0954 e. The topological polar surface area (TPSA) is 24.9 Å². The van der Waals surface area contributed by atoms with Crippen molar-refractivity contribution >= 4 is 33.3 Å². The summed E-state index contributed by atoms with van der Waals surface area (Å²) >= 11 is 3.82. The molecule has 1 N–H and O–H groups in total. The number of benzene rings is 1. The molecular weight excluding hydrogens is 272 g/mol. The van der Waals surface area contributed by atoms with Crippen LogP contribution in [-0.4, -0.2) is 28.6 Å². The van der Waals surface area contributed by atoms with Gasteiger partial charge in [-0.25, -0.2) is 4.98 Å². The summed E-state index contributed by atoms with van der Waals surface area (Å²) in [7, 11) is 2.04. The van der Waals surface area contributed by atoms with E-state index in [1.54, 1.807) is 0 Å². The predicted molar refractivity (Wildman–Crippen MR) is 88.4 cm³/mol. The molecule has 0 saturated heterocycles. The first-order valence-electron chi connectivity index (χ1n) is 6.63. The molecule has 0 fully saturated rings. The van der Waals surface area contributed by atoms with Gasteiger partial charge in [0.05, 0.1) is 15.2 Å². The molecule has 0 amide bonds. The van der Waals surface area contributed by atoms with Crippen LogP contribution in [0.15, 0.2) is 24.3 Å². The summed E-state index contributed by atoms with van der Waals surface area (Å²) in [5, 5.41) is 4.64. The lowest BCUT2D eigenvalue weighted by molar-refractivity contribution is 0.612. The van der Waals surface area contributed by atoms with E-state index in [1.165, 1.54) is 9.71 Å². The number of nitrogens with one attached hydrogen (secondary N) is 1. The normalized spacial score (nSPS) is 13.9. The standard InChI is InChI=1S/C15H22N2S2/c1-15(2,3)18-10-11(16-4)9-14-17-12-7-5-6-8-13(12)19-14/h5-8,11,16H,9-10H2,1-4H3. The van der Waals surface area contributed by atoms with Crippen molar-refractivity contribution in [2.75, 3.05) is 12.8 Å². The first-order valence-corrected chi connectivity index (χ1v) is 8.44. The van der Waals surface area contributed by atoms with Crippen LogP contribution in [0.3, 0.4) is 0 Å². The van der Waals surface area contributed by atoms with E-state index in [2.05, 4.69) is 50.4 Å². The molecule has 1 aromatic carbocycles. The van der Waals surface area contributed by atoms with Gasteiger partial charge in [-0.2, -0.15) is 11.8 Å². The number of thiazole rings is 1. The SMILES string of the molecule is CNC(CSC(C)(C)C)Cc1nc2ccccc2s1. The molecule has 0 aliphatic rings. The van der Waals surface area contributed by atoms with E-state index >= 15 is 0 Å². The maximum atomic E-state index is 4.71. The molecule has 1 atom stereocenters. The highest BCUT2D eigenvalue weighted by Crippen LogP contribution is 2.26. The maximum absolute atomic E-state index is 4.71. The van der Waals surface area contributed by atoms with Gasteiger partial charge in [-0.15, -0.1) is 11.3 Å². The number of likely N-dealkylation sites (N-methyl/N-ethyl adjacent to an activating group) is 1. The van der Waals surface area contributed by atoms with Crippen LogP contribution >= 0.6 is 23.1 Å². The third-order valence-electron chi connectivity index (χ3n) is 2.88. The van der Waals surface area contributed by atoms with E-state index in [-0.39, 0.29) is 0 Å². The Morgan fingerprint density at radius 2 is 2.05 bits per heavy atom. The van der Waals surface area contributed by atoms with E-state index in [9.17, 15) is 0 Å². The van der Waals surface area contributed by atoms with Crippen LogP contribution in [0.2, 0.25) is 0 Å². The van der Waals surface area contributed by atoms with Gasteiger partial charge in [0.15, 0.2) is 0 Å². The van der Waals surface area contributed by atoms with E-state index < -0.39 is 0 Å². The zero-order valence-electron chi connectivity index (χ0n) is 12.1. The monoisotopic (exact) mass is 294 g/mol. The smallest absolute Gasteiger partial charge is 0.0954 e. The molecule has 1 heterocycles. The van der Waals surface area contributed by atoms with Crippen LogP contribution in [0.5, 0.6) is 0 Å². The Labute approximate surface area is 124 Å². The molecule has 19 heavy (non-hydrogen) atoms. The molecule has 2 aromatic rings. The lowest BCUT2D eigenvalue weighted by Gasteiger charge is -2.22. The average molecular weight is 294 g/mol. The number of nitrogens with zero attached hydrogens (tertiary/aromatic N) is 1. The summed E-state index contributed by atoms with van der Waals surface area (Å²) in [5.74, 6) is 1.12. The molecule has 2 nitrogen and oxygen atoms in total. The minimum absolute atomic E-state index is 0.322. The van der Waals surface area contributed by atoms with Gasteiger partial charge in [-0.1, -0.05) is 32.9 Å². The fourth-order valence-electron chi connectivity index (χ4n) is 1.81. The minimum atomic E-state index is 0.322. The van der Waals surface area contributed by atoms with Gasteiger partial charge >= 0.3 is 0 Å². The number of hydrogen-bond acceptors (Lipinski definition) is 4. The number of para-hydroxylation sites is 1. The van der Waals surface area contributed by atoms with E-state index in [0.29, 0.717) is 10.8 Å². The molecule has 0 aliphatic heterocycles. The van der Waals surface area contributed by atoms with Crippen molar-refractivity contribution in [1.29, 1.82) is 0 Å². The van der Waals surface area contributed by atoms with E-state index in [1.807, 2.05) is 30.1 Å². The molecule has 0 bridgehead atoms. The molecule has 104 valence electrons. The Balaban J connectivity index is 2.01. The Morgan fingerprint density at radius 3 is 2.68 bits per heavy atom. The van der Waals surface area contributed by atoms with E-state index in [0.717, 1.165) is 17.7 Å². The fraction of sp³-hybridized carbons (Fsp3) is 0.533. The second-order valence-corrected chi connectivity index (χ2v) is 8.65. The second-order valence-electron chi connectivity index (χ2n) is 5.69. The van der Waals surface area contributed by atoms with Gasteiger partial charge < -0.3 is 5.32 Å². The van der Waals surface area contributed by atoms with Crippen LogP contribution in [0.1, 0.15) is 25.8 Å². The Morgan fingerprint density at radius 1 is 1.32 bits per heavy atom. The van der Waals surface area contributed by atoms with Crippen molar-refractivity contribution in [3.05, 3.63) is 29.3 Å². The average Bonchev–Trinajstić information content (AvgIpc) is 2.75. The summed E-state index contributed by atoms with van der Waals surface area (Å²) in [6, 6.07) is 8.86. The van der Waals surface area contributed by atoms with Gasteiger partial charge in [-0.3, -0.25) is 0 Å². The minimum Gasteiger partial charge on any atom is -0.316 e. The molecule has 1 aromatic heterocycles. The Hall–Kier alpha value is -0.580. The summed E-state index contributed by atoms with van der Waals surface area (Å²) in [4.78, 5) is 4.71. The van der Waals surface area contributed by atoms with E-state index in [4.69, 9.17) is 4.98 Å². The number of rotatable bonds is 5. The zero-order valence-corrected chi connectivity index (χ0v) is 13.7. The molecule has 0 spiro atoms. The molecule has 4 heteroatoms. The molecular formula is C15H22N2S2. The highest BCUT2D eigenvalue weighted by atomic mass is 32.2. The number of hydrogen-bond donors (Lipinski definition) is 1. The quantitative estimate of drug-likeness (QED) is 0.903. The van der Waals surface area contributed by atoms with Crippen LogP contribution < -0.4 is 5.32 Å². The van der Waals surface area contributed by atoms with Gasteiger partial charge in [-0.05, 0) is 19.2 Å². The summed E-state index contributed by atoms with van der Waals surface area (Å²) < 4.78 is 1.61. The Kier molecular flexibility index (Phi) is 4.87. The third-order valence-corrected chi connectivity index (χ3v) is 5.38. The van der Waals surface area contributed by atoms with Crippen LogP contribution in [0.4, 0.5) is 0 Å². The van der Waals surface area contributed by atoms with Gasteiger partial charge in [0, 0.05) is 23.0 Å². The lowest BCUT2D eigenvalue weighted by atomic mass is 10.2. The summed E-state index contributed by atoms with van der Waals surface area (Å²) in [6.07, 6.45) is 1.01. The Bertz CT molecular complexity index is 495. The van der Waals surface area contributed by atoms with Crippen molar-refractivity contribution in [3.63, 3.8) is 0 Å². The number of fused-ring (bicyclic) bond motifs is 1. The lowest BCUT2D eigenvalue weighted by Crippen LogP contribution is -2.31. The van der Waals surface area contributed by atoms with Crippen molar-refractivity contribution < 1.29 is 0 Å². The van der Waals surface area contributed by atoms with Crippen molar-refractivity contribution in [2.24, 2.45) is 0 Å². The molecule has 1 unspecified atom stereocenters. The number of thioether (sulfide) groups is 1. The molecule has 0 radical (unpaired) electrons. The highest BCUT2D eigenvalue weighted by molar-refractivity contribution is 8.00. The molecule has 0 saturated carbocycles. The highest BCUT2D eigenvalue weighted by Gasteiger charge is 2.16. The van der Waals surface area contributed by atoms with Crippen molar-refractivity contribution in [2.45, 2.75) is 38.0 Å². The number of aromatic nitrogens is 1. The first-order chi connectivity index (χ1) is 8.98. The first kappa shape index (κ1) is 14.8. The van der Waals surface area contributed by atoms with Crippen LogP contribution in [0.25, 0.3) is 10.2 Å². The van der Waals surface area contributed by atoms with Crippen LogP contribution in [-0.2, 0) is 6.42 Å². The second kappa shape index (κ2) is 6.25. The largest absolute Gasteiger partial charge is 0.316 e. The van der Waals surface area contributed by atoms with Crippen LogP contribution in [0, 0.1) is 0 Å².